The molecule has 0 aliphatic carbocycles. The molecular weight excluding hydrogens is 270 g/mol. The fraction of sp³-hybridized carbons (Fsp3) is 0.133. The van der Waals surface area contributed by atoms with Gasteiger partial charge in [-0.3, -0.25) is 14.6 Å². The lowest BCUT2D eigenvalue weighted by atomic mass is 10.2. The summed E-state index contributed by atoms with van der Waals surface area (Å²) in [6, 6.07) is 8.35. The highest BCUT2D eigenvalue weighted by Gasteiger charge is 2.36. The molecule has 0 radical (unpaired) electrons. The standard InChI is InChI=1S/C15H13N3O3/c16-5-7-21-11-3-1-2-10(8-11)18-14(19)12-4-6-17-9-13(12)15(18)20/h1-4,6,8-9H,5,7,16H2. The van der Waals surface area contributed by atoms with E-state index in [0.29, 0.717) is 35.7 Å². The summed E-state index contributed by atoms with van der Waals surface area (Å²) in [5.74, 6) is -0.167. The van der Waals surface area contributed by atoms with Crippen molar-refractivity contribution in [2.75, 3.05) is 18.1 Å². The van der Waals surface area contributed by atoms with Gasteiger partial charge >= 0.3 is 0 Å². The van der Waals surface area contributed by atoms with Crippen molar-refractivity contribution in [2.45, 2.75) is 0 Å². The second-order valence-electron chi connectivity index (χ2n) is 4.50. The quantitative estimate of drug-likeness (QED) is 0.853. The van der Waals surface area contributed by atoms with Crippen molar-refractivity contribution in [3.8, 4) is 5.75 Å². The zero-order valence-electron chi connectivity index (χ0n) is 11.2. The molecule has 21 heavy (non-hydrogen) atoms. The number of imide groups is 1. The van der Waals surface area contributed by atoms with Crippen LogP contribution in [-0.2, 0) is 0 Å². The molecule has 2 amide bonds. The Kier molecular flexibility index (Phi) is 3.37. The molecule has 0 spiro atoms. The first kappa shape index (κ1) is 13.3. The molecular formula is C15H13N3O3. The maximum Gasteiger partial charge on any atom is 0.267 e. The predicted octanol–water partition coefficient (Wildman–Crippen LogP) is 1.22. The smallest absolute Gasteiger partial charge is 0.267 e. The first-order valence-corrected chi connectivity index (χ1v) is 6.48. The summed E-state index contributed by atoms with van der Waals surface area (Å²) in [4.78, 5) is 29.7. The molecule has 1 aliphatic rings. The molecule has 2 aromatic rings. The molecule has 0 saturated carbocycles. The fourth-order valence-corrected chi connectivity index (χ4v) is 2.21. The van der Waals surface area contributed by atoms with E-state index in [0.717, 1.165) is 4.90 Å². The van der Waals surface area contributed by atoms with E-state index < -0.39 is 0 Å². The lowest BCUT2D eigenvalue weighted by Gasteiger charge is -2.15. The molecule has 2 heterocycles. The van der Waals surface area contributed by atoms with E-state index in [1.165, 1.54) is 12.4 Å². The topological polar surface area (TPSA) is 85.5 Å². The van der Waals surface area contributed by atoms with E-state index in [1.54, 1.807) is 30.3 Å². The molecule has 0 saturated heterocycles. The summed E-state index contributed by atoms with van der Waals surface area (Å²) < 4.78 is 5.42. The molecule has 106 valence electrons. The number of hydrogen-bond acceptors (Lipinski definition) is 5. The molecule has 3 rings (SSSR count). The highest BCUT2D eigenvalue weighted by atomic mass is 16.5. The number of aromatic nitrogens is 1. The SMILES string of the molecule is NCCOc1cccc(N2C(=O)c3ccncc3C2=O)c1. The third kappa shape index (κ3) is 2.25. The molecule has 0 bridgehead atoms. The number of nitrogens with two attached hydrogens (primary N) is 1. The van der Waals surface area contributed by atoms with Gasteiger partial charge in [0.1, 0.15) is 12.4 Å². The Hall–Kier alpha value is -2.73. The van der Waals surface area contributed by atoms with Gasteiger partial charge in [-0.2, -0.15) is 0 Å². The van der Waals surface area contributed by atoms with Gasteiger partial charge in [-0.25, -0.2) is 4.90 Å². The number of hydrogen-bond donors (Lipinski definition) is 1. The van der Waals surface area contributed by atoms with E-state index >= 15 is 0 Å². The largest absolute Gasteiger partial charge is 0.492 e. The highest BCUT2D eigenvalue weighted by Crippen LogP contribution is 2.29. The number of nitrogens with zero attached hydrogens (tertiary/aromatic N) is 2. The number of benzene rings is 1. The second kappa shape index (κ2) is 5.34. The zero-order chi connectivity index (χ0) is 14.8. The Labute approximate surface area is 121 Å². The third-order valence-electron chi connectivity index (χ3n) is 3.15. The fourth-order valence-electron chi connectivity index (χ4n) is 2.21. The predicted molar refractivity (Wildman–Crippen MR) is 76.4 cm³/mol. The van der Waals surface area contributed by atoms with Gasteiger partial charge in [0, 0.05) is 25.0 Å². The van der Waals surface area contributed by atoms with Crippen LogP contribution >= 0.6 is 0 Å². The Morgan fingerprint density at radius 1 is 1.14 bits per heavy atom. The van der Waals surface area contributed by atoms with E-state index in [1.807, 2.05) is 0 Å². The van der Waals surface area contributed by atoms with Crippen molar-refractivity contribution >= 4 is 17.5 Å². The van der Waals surface area contributed by atoms with Gasteiger partial charge in [0.25, 0.3) is 11.8 Å². The number of rotatable bonds is 4. The van der Waals surface area contributed by atoms with E-state index in [2.05, 4.69) is 4.98 Å². The van der Waals surface area contributed by atoms with Crippen LogP contribution in [0, 0.1) is 0 Å². The highest BCUT2D eigenvalue weighted by molar-refractivity contribution is 6.34. The maximum absolute atomic E-state index is 12.3. The molecule has 1 aromatic heterocycles. The van der Waals surface area contributed by atoms with Crippen molar-refractivity contribution in [1.29, 1.82) is 0 Å². The van der Waals surface area contributed by atoms with Crippen molar-refractivity contribution in [2.24, 2.45) is 5.73 Å². The van der Waals surface area contributed by atoms with E-state index in [9.17, 15) is 9.59 Å². The summed E-state index contributed by atoms with van der Waals surface area (Å²) in [6.07, 6.45) is 2.90. The maximum atomic E-state index is 12.3. The number of carbonyl (C=O) groups is 2. The zero-order valence-corrected chi connectivity index (χ0v) is 11.2. The molecule has 0 unspecified atom stereocenters. The lowest BCUT2D eigenvalue weighted by Crippen LogP contribution is -2.29. The first-order valence-electron chi connectivity index (χ1n) is 6.48. The number of pyridine rings is 1. The average molecular weight is 283 g/mol. The van der Waals surface area contributed by atoms with Crippen molar-refractivity contribution in [1.82, 2.24) is 4.98 Å². The Balaban J connectivity index is 1.95. The molecule has 6 nitrogen and oxygen atoms in total. The summed E-state index contributed by atoms with van der Waals surface area (Å²) in [7, 11) is 0. The monoisotopic (exact) mass is 283 g/mol. The van der Waals surface area contributed by atoms with Gasteiger partial charge in [0.05, 0.1) is 16.8 Å². The van der Waals surface area contributed by atoms with E-state index in [4.69, 9.17) is 10.5 Å². The molecule has 1 aliphatic heterocycles. The number of anilines is 1. The second-order valence-corrected chi connectivity index (χ2v) is 4.50. The van der Waals surface area contributed by atoms with Crippen LogP contribution in [0.15, 0.2) is 42.7 Å². The Morgan fingerprint density at radius 2 is 1.95 bits per heavy atom. The summed E-state index contributed by atoms with van der Waals surface area (Å²) in [5.41, 5.74) is 6.54. The van der Waals surface area contributed by atoms with Crippen molar-refractivity contribution in [3.05, 3.63) is 53.9 Å². The Morgan fingerprint density at radius 3 is 2.71 bits per heavy atom. The minimum Gasteiger partial charge on any atom is -0.492 e. The number of fused-ring (bicyclic) bond motifs is 1. The average Bonchev–Trinajstić information content (AvgIpc) is 2.78. The van der Waals surface area contributed by atoms with Crippen LogP contribution in [0.5, 0.6) is 5.75 Å². The molecule has 0 atom stereocenters. The molecule has 2 N–H and O–H groups in total. The van der Waals surface area contributed by atoms with Crippen LogP contribution in [0.25, 0.3) is 0 Å². The Bertz CT molecular complexity index is 680. The third-order valence-corrected chi connectivity index (χ3v) is 3.15. The van der Waals surface area contributed by atoms with E-state index in [-0.39, 0.29) is 11.8 Å². The lowest BCUT2D eigenvalue weighted by molar-refractivity contribution is 0.0926. The van der Waals surface area contributed by atoms with Crippen LogP contribution in [0.2, 0.25) is 0 Å². The van der Waals surface area contributed by atoms with Crippen LogP contribution in [0.4, 0.5) is 5.69 Å². The van der Waals surface area contributed by atoms with Crippen LogP contribution in [-0.4, -0.2) is 29.9 Å². The van der Waals surface area contributed by atoms with Gasteiger partial charge in [0.2, 0.25) is 0 Å². The number of amides is 2. The summed E-state index contributed by atoms with van der Waals surface area (Å²) >= 11 is 0. The van der Waals surface area contributed by atoms with Gasteiger partial charge < -0.3 is 10.5 Å². The molecule has 0 fully saturated rings. The van der Waals surface area contributed by atoms with Crippen molar-refractivity contribution < 1.29 is 14.3 Å². The van der Waals surface area contributed by atoms with Gasteiger partial charge in [-0.1, -0.05) is 6.07 Å². The molecule has 1 aromatic carbocycles. The van der Waals surface area contributed by atoms with Crippen LogP contribution < -0.4 is 15.4 Å². The van der Waals surface area contributed by atoms with Crippen LogP contribution in [0.3, 0.4) is 0 Å². The van der Waals surface area contributed by atoms with Gasteiger partial charge in [-0.15, -0.1) is 0 Å². The van der Waals surface area contributed by atoms with Gasteiger partial charge in [-0.05, 0) is 18.2 Å². The van der Waals surface area contributed by atoms with Crippen molar-refractivity contribution in [3.63, 3.8) is 0 Å². The van der Waals surface area contributed by atoms with Crippen LogP contribution in [0.1, 0.15) is 20.7 Å². The number of ether oxygens (including phenoxy) is 1. The first-order chi connectivity index (χ1) is 10.2. The number of carbonyl (C=O) groups excluding carboxylic acids is 2. The minimum absolute atomic E-state index is 0.316. The van der Waals surface area contributed by atoms with Gasteiger partial charge in [0.15, 0.2) is 0 Å². The summed E-state index contributed by atoms with van der Waals surface area (Å²) in [5, 5.41) is 0. The minimum atomic E-state index is -0.376. The summed E-state index contributed by atoms with van der Waals surface area (Å²) in [6.45, 7) is 0.762. The molecule has 6 heteroatoms. The normalized spacial score (nSPS) is 13.5.